The highest BCUT2D eigenvalue weighted by molar-refractivity contribution is 7.91. The highest BCUT2D eigenvalue weighted by Crippen LogP contribution is 2.28. The van der Waals surface area contributed by atoms with Gasteiger partial charge in [0, 0.05) is 11.6 Å². The van der Waals surface area contributed by atoms with E-state index in [-0.39, 0.29) is 28.6 Å². The third-order valence-electron chi connectivity index (χ3n) is 5.17. The molecule has 0 radical (unpaired) electrons. The molecule has 0 saturated heterocycles. The molecule has 0 spiro atoms. The van der Waals surface area contributed by atoms with Crippen molar-refractivity contribution in [3.8, 4) is 0 Å². The number of amides is 1. The van der Waals surface area contributed by atoms with Crippen LogP contribution in [-0.4, -0.2) is 26.1 Å². The Labute approximate surface area is 170 Å². The minimum Gasteiger partial charge on any atom is -0.349 e. The minimum atomic E-state index is -3.31. The van der Waals surface area contributed by atoms with Crippen molar-refractivity contribution < 1.29 is 17.6 Å². The number of aryl methyl sites for hydroxylation is 1. The quantitative estimate of drug-likeness (QED) is 0.767. The van der Waals surface area contributed by atoms with Crippen molar-refractivity contribution in [2.24, 2.45) is 5.92 Å². The van der Waals surface area contributed by atoms with Gasteiger partial charge in [-0.05, 0) is 74.4 Å². The van der Waals surface area contributed by atoms with Gasteiger partial charge in [0.05, 0.1) is 15.7 Å². The second-order valence-electron chi connectivity index (χ2n) is 7.42. The molecule has 2 aromatic rings. The molecule has 1 aliphatic rings. The molecule has 1 fully saturated rings. The maximum Gasteiger partial charge on any atom is 0.251 e. The molecule has 1 saturated carbocycles. The van der Waals surface area contributed by atoms with E-state index in [1.807, 2.05) is 13.0 Å². The average molecular weight is 424 g/mol. The van der Waals surface area contributed by atoms with Gasteiger partial charge in [0.15, 0.2) is 9.84 Å². The van der Waals surface area contributed by atoms with Gasteiger partial charge in [-0.15, -0.1) is 0 Å². The van der Waals surface area contributed by atoms with Crippen LogP contribution < -0.4 is 5.32 Å². The largest absolute Gasteiger partial charge is 0.349 e. The molecule has 2 aromatic carbocycles. The molecular formula is C21H23ClFNO3S. The summed E-state index contributed by atoms with van der Waals surface area (Å²) >= 11 is 5.73. The van der Waals surface area contributed by atoms with E-state index in [2.05, 4.69) is 5.32 Å². The molecule has 0 bridgehead atoms. The topological polar surface area (TPSA) is 63.2 Å². The summed E-state index contributed by atoms with van der Waals surface area (Å²) in [4.78, 5) is 12.7. The summed E-state index contributed by atoms with van der Waals surface area (Å²) < 4.78 is 38.5. The number of sulfone groups is 1. The highest BCUT2D eigenvalue weighted by Gasteiger charge is 2.27. The van der Waals surface area contributed by atoms with E-state index in [1.54, 1.807) is 18.2 Å². The van der Waals surface area contributed by atoms with Crippen LogP contribution in [0.4, 0.5) is 4.39 Å². The summed E-state index contributed by atoms with van der Waals surface area (Å²) in [5.41, 5.74) is 1.24. The molecule has 0 aromatic heterocycles. The molecule has 1 aliphatic carbocycles. The van der Waals surface area contributed by atoms with Crippen molar-refractivity contribution in [3.05, 3.63) is 64.4 Å². The van der Waals surface area contributed by atoms with Crippen LogP contribution in [0, 0.1) is 18.7 Å². The summed E-state index contributed by atoms with van der Waals surface area (Å²) in [6.45, 7) is 1.88. The Kier molecular flexibility index (Phi) is 6.40. The van der Waals surface area contributed by atoms with Gasteiger partial charge in [0.1, 0.15) is 5.82 Å². The lowest BCUT2D eigenvalue weighted by molar-refractivity contribution is 0.0923. The molecule has 28 heavy (non-hydrogen) atoms. The Hall–Kier alpha value is -1.92. The number of rotatable bonds is 5. The first-order valence-corrected chi connectivity index (χ1v) is 11.3. The number of carbonyl (C=O) groups is 1. The molecule has 1 N–H and O–H groups in total. The van der Waals surface area contributed by atoms with Gasteiger partial charge < -0.3 is 5.32 Å². The third-order valence-corrected chi connectivity index (χ3v) is 7.34. The summed E-state index contributed by atoms with van der Waals surface area (Å²) in [5.74, 6) is -0.643. The van der Waals surface area contributed by atoms with Crippen LogP contribution in [-0.2, 0) is 9.84 Å². The summed E-state index contributed by atoms with van der Waals surface area (Å²) in [6.07, 6.45) is 2.91. The van der Waals surface area contributed by atoms with Crippen LogP contribution in [0.5, 0.6) is 0 Å². The molecular weight excluding hydrogens is 401 g/mol. The number of hydrogen-bond donors (Lipinski definition) is 1. The highest BCUT2D eigenvalue weighted by atomic mass is 35.5. The van der Waals surface area contributed by atoms with E-state index < -0.39 is 15.7 Å². The lowest BCUT2D eigenvalue weighted by atomic mass is 9.87. The summed E-state index contributed by atoms with van der Waals surface area (Å²) in [5, 5.41) is 2.85. The van der Waals surface area contributed by atoms with E-state index in [0.717, 1.165) is 18.4 Å². The molecule has 0 atom stereocenters. The number of carbonyl (C=O) groups excluding carboxylic acids is 1. The van der Waals surface area contributed by atoms with Crippen LogP contribution in [0.3, 0.4) is 0 Å². The van der Waals surface area contributed by atoms with Crippen LogP contribution in [0.2, 0.25) is 5.02 Å². The van der Waals surface area contributed by atoms with E-state index in [9.17, 15) is 17.6 Å². The molecule has 0 heterocycles. The van der Waals surface area contributed by atoms with Gasteiger partial charge >= 0.3 is 0 Å². The second-order valence-corrected chi connectivity index (χ2v) is 9.86. The minimum absolute atomic E-state index is 0.0192. The van der Waals surface area contributed by atoms with Gasteiger partial charge in [0.2, 0.25) is 0 Å². The molecule has 4 nitrogen and oxygen atoms in total. The number of nitrogens with one attached hydrogen (secondary N) is 1. The molecule has 0 unspecified atom stereocenters. The smallest absolute Gasteiger partial charge is 0.251 e. The SMILES string of the molecule is Cc1cccc(S(=O)(=O)CC2CCC(NC(=O)c3ccc(F)c(Cl)c3)CC2)c1. The average Bonchev–Trinajstić information content (AvgIpc) is 2.65. The zero-order valence-corrected chi connectivity index (χ0v) is 17.2. The van der Waals surface area contributed by atoms with Crippen molar-refractivity contribution in [3.63, 3.8) is 0 Å². The predicted molar refractivity (Wildman–Crippen MR) is 108 cm³/mol. The molecule has 0 aliphatic heterocycles. The van der Waals surface area contributed by atoms with Crippen LogP contribution in [0.25, 0.3) is 0 Å². The van der Waals surface area contributed by atoms with Gasteiger partial charge in [-0.1, -0.05) is 23.7 Å². The molecule has 7 heteroatoms. The van der Waals surface area contributed by atoms with Crippen LogP contribution >= 0.6 is 11.6 Å². The third kappa shape index (κ3) is 5.11. The Morgan fingerprint density at radius 1 is 1.14 bits per heavy atom. The fourth-order valence-corrected chi connectivity index (χ4v) is 5.57. The Morgan fingerprint density at radius 2 is 1.86 bits per heavy atom. The number of benzene rings is 2. The van der Waals surface area contributed by atoms with Gasteiger partial charge in [-0.3, -0.25) is 4.79 Å². The number of hydrogen-bond acceptors (Lipinski definition) is 3. The van der Waals surface area contributed by atoms with Gasteiger partial charge in [-0.25, -0.2) is 12.8 Å². The van der Waals surface area contributed by atoms with E-state index in [4.69, 9.17) is 11.6 Å². The van der Waals surface area contributed by atoms with Crippen molar-refractivity contribution in [2.45, 2.75) is 43.5 Å². The first-order valence-electron chi connectivity index (χ1n) is 9.30. The monoisotopic (exact) mass is 423 g/mol. The van der Waals surface area contributed by atoms with Gasteiger partial charge in [0.25, 0.3) is 5.91 Å². The lowest BCUT2D eigenvalue weighted by Gasteiger charge is -2.29. The van der Waals surface area contributed by atoms with E-state index in [0.29, 0.717) is 23.3 Å². The zero-order valence-electron chi connectivity index (χ0n) is 15.6. The molecule has 1 amide bonds. The predicted octanol–water partition coefficient (Wildman–Crippen LogP) is 4.55. The van der Waals surface area contributed by atoms with Crippen molar-refractivity contribution in [1.29, 1.82) is 0 Å². The molecule has 150 valence electrons. The normalized spacial score (nSPS) is 20.0. The maximum atomic E-state index is 13.2. The summed E-state index contributed by atoms with van der Waals surface area (Å²) in [7, 11) is -3.31. The van der Waals surface area contributed by atoms with Crippen molar-refractivity contribution in [1.82, 2.24) is 5.32 Å². The lowest BCUT2D eigenvalue weighted by Crippen LogP contribution is -2.38. The second kappa shape index (κ2) is 8.62. The van der Waals surface area contributed by atoms with Gasteiger partial charge in [-0.2, -0.15) is 0 Å². The fraction of sp³-hybridized carbons (Fsp3) is 0.381. The Balaban J connectivity index is 1.54. The van der Waals surface area contributed by atoms with E-state index >= 15 is 0 Å². The maximum absolute atomic E-state index is 13.2. The molecule has 3 rings (SSSR count). The fourth-order valence-electron chi connectivity index (χ4n) is 3.59. The van der Waals surface area contributed by atoms with Crippen LogP contribution in [0.1, 0.15) is 41.6 Å². The first kappa shape index (κ1) is 20.8. The first-order chi connectivity index (χ1) is 13.2. The Morgan fingerprint density at radius 3 is 2.50 bits per heavy atom. The standard InChI is InChI=1S/C21H23ClFNO3S/c1-14-3-2-4-18(11-14)28(26,27)13-15-5-8-17(9-6-15)24-21(25)16-7-10-20(23)19(22)12-16/h2-4,7,10-12,15,17H,5-6,8-9,13H2,1H3,(H,24,25). The van der Waals surface area contributed by atoms with Crippen molar-refractivity contribution in [2.75, 3.05) is 5.75 Å². The number of halogens is 2. The Bertz CT molecular complexity index is 969. The zero-order chi connectivity index (χ0) is 20.3. The van der Waals surface area contributed by atoms with Crippen molar-refractivity contribution >= 4 is 27.3 Å². The van der Waals surface area contributed by atoms with Crippen LogP contribution in [0.15, 0.2) is 47.4 Å². The van der Waals surface area contributed by atoms with E-state index in [1.165, 1.54) is 18.2 Å². The summed E-state index contributed by atoms with van der Waals surface area (Å²) in [6, 6.07) is 10.8.